The molecular formula is C11H21IO2. The van der Waals surface area contributed by atoms with Crippen LogP contribution in [0.3, 0.4) is 0 Å². The number of ether oxygens (including phenoxy) is 1. The molecule has 14 heavy (non-hydrogen) atoms. The summed E-state index contributed by atoms with van der Waals surface area (Å²) in [6.45, 7) is 0. The Hall–Kier alpha value is 0.200. The molecule has 3 heteroatoms. The summed E-state index contributed by atoms with van der Waals surface area (Å²) in [4.78, 5) is 10.8. The van der Waals surface area contributed by atoms with Crippen molar-refractivity contribution < 1.29 is 9.53 Å². The van der Waals surface area contributed by atoms with E-state index in [1.165, 1.54) is 50.1 Å². The Morgan fingerprint density at radius 2 is 1.50 bits per heavy atom. The van der Waals surface area contributed by atoms with Crippen molar-refractivity contribution in [2.45, 2.75) is 51.4 Å². The van der Waals surface area contributed by atoms with Gasteiger partial charge >= 0.3 is 5.97 Å². The predicted octanol–water partition coefficient (Wildman–Crippen LogP) is 3.72. The van der Waals surface area contributed by atoms with E-state index < -0.39 is 0 Å². The zero-order chi connectivity index (χ0) is 10.6. The van der Waals surface area contributed by atoms with E-state index in [9.17, 15) is 4.79 Å². The van der Waals surface area contributed by atoms with Crippen molar-refractivity contribution >= 4 is 28.6 Å². The van der Waals surface area contributed by atoms with Gasteiger partial charge in [-0.3, -0.25) is 4.79 Å². The van der Waals surface area contributed by atoms with E-state index in [0.717, 1.165) is 6.42 Å². The Morgan fingerprint density at radius 3 is 2.00 bits per heavy atom. The highest BCUT2D eigenvalue weighted by molar-refractivity contribution is 14.1. The number of alkyl halides is 1. The molecule has 0 N–H and O–H groups in total. The van der Waals surface area contributed by atoms with Crippen molar-refractivity contribution in [3.63, 3.8) is 0 Å². The van der Waals surface area contributed by atoms with Gasteiger partial charge in [0.05, 0.1) is 7.11 Å². The van der Waals surface area contributed by atoms with E-state index >= 15 is 0 Å². The highest BCUT2D eigenvalue weighted by Gasteiger charge is 1.98. The van der Waals surface area contributed by atoms with Gasteiger partial charge in [0.15, 0.2) is 0 Å². The van der Waals surface area contributed by atoms with Crippen molar-refractivity contribution in [2.75, 3.05) is 11.5 Å². The first-order chi connectivity index (χ1) is 6.81. The van der Waals surface area contributed by atoms with Crippen molar-refractivity contribution in [1.29, 1.82) is 0 Å². The maximum Gasteiger partial charge on any atom is 0.305 e. The normalized spacial score (nSPS) is 10.1. The summed E-state index contributed by atoms with van der Waals surface area (Å²) in [6.07, 6.45) is 9.38. The number of unbranched alkanes of at least 4 members (excludes halogenated alkanes) is 6. The van der Waals surface area contributed by atoms with Gasteiger partial charge in [0.2, 0.25) is 0 Å². The molecule has 0 atom stereocenters. The van der Waals surface area contributed by atoms with E-state index in [4.69, 9.17) is 0 Å². The van der Waals surface area contributed by atoms with Gasteiger partial charge in [0.1, 0.15) is 0 Å². The second-order valence-electron chi connectivity index (χ2n) is 3.49. The SMILES string of the molecule is COC(=O)CCCCCCCCCI. The molecule has 0 radical (unpaired) electrons. The summed E-state index contributed by atoms with van der Waals surface area (Å²) in [5, 5.41) is 0. The third kappa shape index (κ3) is 10.3. The van der Waals surface area contributed by atoms with Crippen molar-refractivity contribution in [1.82, 2.24) is 0 Å². The van der Waals surface area contributed by atoms with E-state index in [0.29, 0.717) is 6.42 Å². The van der Waals surface area contributed by atoms with Crippen LogP contribution in [0.15, 0.2) is 0 Å². The molecule has 0 fully saturated rings. The molecule has 0 aliphatic heterocycles. The largest absolute Gasteiger partial charge is 0.469 e. The van der Waals surface area contributed by atoms with Crippen molar-refractivity contribution in [3.8, 4) is 0 Å². The highest BCUT2D eigenvalue weighted by atomic mass is 127. The maximum atomic E-state index is 10.8. The number of methoxy groups -OCH3 is 1. The third-order valence-electron chi connectivity index (χ3n) is 2.24. The fraction of sp³-hybridized carbons (Fsp3) is 0.909. The van der Waals surface area contributed by atoms with Crippen LogP contribution in [0.25, 0.3) is 0 Å². The molecule has 0 rings (SSSR count). The lowest BCUT2D eigenvalue weighted by Gasteiger charge is -2.00. The molecule has 0 bridgehead atoms. The number of hydrogen-bond donors (Lipinski definition) is 0. The fourth-order valence-electron chi connectivity index (χ4n) is 1.35. The first-order valence-corrected chi connectivity index (χ1v) is 6.96. The number of hydrogen-bond acceptors (Lipinski definition) is 2. The van der Waals surface area contributed by atoms with E-state index in [1.54, 1.807) is 0 Å². The van der Waals surface area contributed by atoms with Crippen LogP contribution in [-0.2, 0) is 9.53 Å². The Balaban J connectivity index is 2.95. The topological polar surface area (TPSA) is 26.3 Å². The molecule has 2 nitrogen and oxygen atoms in total. The van der Waals surface area contributed by atoms with Crippen LogP contribution >= 0.6 is 22.6 Å². The highest BCUT2D eigenvalue weighted by Crippen LogP contribution is 2.09. The first kappa shape index (κ1) is 14.2. The standard InChI is InChI=1S/C11H21IO2/c1-14-11(13)9-7-5-3-2-4-6-8-10-12/h2-10H2,1H3. The molecule has 0 saturated carbocycles. The van der Waals surface area contributed by atoms with Crippen LogP contribution in [0.2, 0.25) is 0 Å². The summed E-state index contributed by atoms with van der Waals surface area (Å²) in [6, 6.07) is 0. The Labute approximate surface area is 101 Å². The smallest absolute Gasteiger partial charge is 0.305 e. The minimum atomic E-state index is -0.0742. The van der Waals surface area contributed by atoms with Gasteiger partial charge in [0.25, 0.3) is 0 Å². The Bertz CT molecular complexity index is 137. The number of esters is 1. The molecule has 0 aromatic heterocycles. The molecule has 0 aliphatic rings. The van der Waals surface area contributed by atoms with Gasteiger partial charge < -0.3 is 4.74 Å². The lowest BCUT2D eigenvalue weighted by atomic mass is 10.1. The van der Waals surface area contributed by atoms with E-state index in [2.05, 4.69) is 27.3 Å². The summed E-state index contributed by atoms with van der Waals surface area (Å²) < 4.78 is 5.85. The van der Waals surface area contributed by atoms with Crippen LogP contribution in [0.4, 0.5) is 0 Å². The van der Waals surface area contributed by atoms with Crippen LogP contribution < -0.4 is 0 Å². The first-order valence-electron chi connectivity index (χ1n) is 5.44. The molecule has 0 aliphatic carbocycles. The summed E-state index contributed by atoms with van der Waals surface area (Å²) in [7, 11) is 1.45. The summed E-state index contributed by atoms with van der Waals surface area (Å²) in [5.74, 6) is -0.0742. The minimum absolute atomic E-state index is 0.0742. The molecule has 0 amide bonds. The second-order valence-corrected chi connectivity index (χ2v) is 4.57. The molecule has 0 saturated heterocycles. The minimum Gasteiger partial charge on any atom is -0.469 e. The second kappa shape index (κ2) is 11.3. The molecular weight excluding hydrogens is 291 g/mol. The zero-order valence-electron chi connectivity index (χ0n) is 9.06. The summed E-state index contributed by atoms with van der Waals surface area (Å²) in [5.41, 5.74) is 0. The molecule has 0 spiro atoms. The van der Waals surface area contributed by atoms with E-state index in [1.807, 2.05) is 0 Å². The van der Waals surface area contributed by atoms with Gasteiger partial charge in [-0.1, -0.05) is 54.7 Å². The molecule has 0 aromatic carbocycles. The average molecular weight is 312 g/mol. The van der Waals surface area contributed by atoms with Crippen molar-refractivity contribution in [3.05, 3.63) is 0 Å². The van der Waals surface area contributed by atoms with Crippen LogP contribution in [0.5, 0.6) is 0 Å². The van der Waals surface area contributed by atoms with Crippen LogP contribution in [0, 0.1) is 0 Å². The fourth-order valence-corrected chi connectivity index (χ4v) is 1.89. The predicted molar refractivity (Wildman–Crippen MR) is 67.8 cm³/mol. The number of carbonyl (C=O) groups is 1. The quantitative estimate of drug-likeness (QED) is 0.281. The van der Waals surface area contributed by atoms with Crippen LogP contribution in [0.1, 0.15) is 51.4 Å². The monoisotopic (exact) mass is 312 g/mol. The molecule has 0 aromatic rings. The van der Waals surface area contributed by atoms with Gasteiger partial charge in [-0.25, -0.2) is 0 Å². The van der Waals surface area contributed by atoms with Gasteiger partial charge in [-0.05, 0) is 17.3 Å². The lowest BCUT2D eigenvalue weighted by Crippen LogP contribution is -1.99. The summed E-state index contributed by atoms with van der Waals surface area (Å²) >= 11 is 2.42. The van der Waals surface area contributed by atoms with Crippen LogP contribution in [-0.4, -0.2) is 17.5 Å². The average Bonchev–Trinajstić information content (AvgIpc) is 2.21. The lowest BCUT2D eigenvalue weighted by molar-refractivity contribution is -0.140. The van der Waals surface area contributed by atoms with Gasteiger partial charge in [-0.15, -0.1) is 0 Å². The number of carbonyl (C=O) groups excluding carboxylic acids is 1. The van der Waals surface area contributed by atoms with Crippen molar-refractivity contribution in [2.24, 2.45) is 0 Å². The Kier molecular flexibility index (Phi) is 11.4. The van der Waals surface area contributed by atoms with Gasteiger partial charge in [0, 0.05) is 6.42 Å². The molecule has 0 unspecified atom stereocenters. The zero-order valence-corrected chi connectivity index (χ0v) is 11.2. The van der Waals surface area contributed by atoms with Gasteiger partial charge in [-0.2, -0.15) is 0 Å². The molecule has 84 valence electrons. The Morgan fingerprint density at radius 1 is 1.00 bits per heavy atom. The maximum absolute atomic E-state index is 10.8. The van der Waals surface area contributed by atoms with E-state index in [-0.39, 0.29) is 5.97 Å². The third-order valence-corrected chi connectivity index (χ3v) is 3.00. The molecule has 0 heterocycles. The number of rotatable bonds is 9. The number of halogens is 1.